The van der Waals surface area contributed by atoms with Gasteiger partial charge in [0, 0.05) is 18.2 Å². The average Bonchev–Trinajstić information content (AvgIpc) is 3.07. The molecular weight excluding hydrogens is 174 g/mol. The maximum Gasteiger partial charge on any atom is 0.0619 e. The molecule has 1 atom stereocenters. The van der Waals surface area contributed by atoms with Gasteiger partial charge in [-0.25, -0.2) is 0 Å². The molecule has 0 aromatic heterocycles. The molecule has 3 aliphatic rings. The van der Waals surface area contributed by atoms with E-state index in [9.17, 15) is 0 Å². The van der Waals surface area contributed by atoms with Crippen LogP contribution in [0.3, 0.4) is 0 Å². The molecule has 0 amide bonds. The van der Waals surface area contributed by atoms with E-state index in [1.807, 2.05) is 0 Å². The van der Waals surface area contributed by atoms with E-state index >= 15 is 0 Å². The van der Waals surface area contributed by atoms with E-state index < -0.39 is 0 Å². The fourth-order valence-electron chi connectivity index (χ4n) is 2.96. The zero-order valence-corrected chi connectivity index (χ0v) is 9.14. The van der Waals surface area contributed by atoms with Crippen molar-refractivity contribution in [2.45, 2.75) is 57.0 Å². The van der Waals surface area contributed by atoms with E-state index in [2.05, 4.69) is 12.2 Å². The minimum Gasteiger partial charge on any atom is -0.380 e. The fraction of sp³-hybridized carbons (Fsp3) is 1.00. The van der Waals surface area contributed by atoms with Gasteiger partial charge in [0.15, 0.2) is 0 Å². The van der Waals surface area contributed by atoms with Crippen LogP contribution in [-0.4, -0.2) is 24.8 Å². The van der Waals surface area contributed by atoms with Gasteiger partial charge >= 0.3 is 0 Å². The summed E-state index contributed by atoms with van der Waals surface area (Å²) < 4.78 is 5.53. The van der Waals surface area contributed by atoms with Crippen molar-refractivity contribution in [3.63, 3.8) is 0 Å². The second kappa shape index (κ2) is 2.96. The van der Waals surface area contributed by atoms with Gasteiger partial charge in [-0.3, -0.25) is 0 Å². The van der Waals surface area contributed by atoms with Crippen LogP contribution in [0.2, 0.25) is 0 Å². The van der Waals surface area contributed by atoms with Crippen molar-refractivity contribution in [2.24, 2.45) is 5.41 Å². The highest BCUT2D eigenvalue weighted by Crippen LogP contribution is 2.64. The first-order chi connectivity index (χ1) is 6.74. The largest absolute Gasteiger partial charge is 0.380 e. The third-order valence-electron chi connectivity index (χ3n) is 4.55. The molecule has 3 rings (SSSR count). The molecule has 0 radical (unpaired) electrons. The van der Waals surface area contributed by atoms with Crippen LogP contribution < -0.4 is 5.32 Å². The fourth-order valence-corrected chi connectivity index (χ4v) is 2.96. The molecule has 0 spiro atoms. The molecule has 1 unspecified atom stereocenters. The Bertz CT molecular complexity index is 224. The summed E-state index contributed by atoms with van der Waals surface area (Å²) in [5.41, 5.74) is 1.17. The lowest BCUT2D eigenvalue weighted by molar-refractivity contribution is 0.0601. The summed E-state index contributed by atoms with van der Waals surface area (Å²) in [6, 6.07) is 0.642. The Balaban J connectivity index is 1.60. The Morgan fingerprint density at radius 1 is 1.21 bits per heavy atom. The summed E-state index contributed by atoms with van der Waals surface area (Å²) in [5.74, 6) is 0. The molecule has 0 aromatic rings. The van der Waals surface area contributed by atoms with Gasteiger partial charge < -0.3 is 10.1 Å². The maximum atomic E-state index is 5.53. The normalized spacial score (nSPS) is 37.9. The lowest BCUT2D eigenvalue weighted by Gasteiger charge is -2.32. The number of hydrogen-bond acceptors (Lipinski definition) is 2. The molecule has 1 saturated heterocycles. The molecule has 2 heteroatoms. The second-order valence-electron chi connectivity index (χ2n) is 5.70. The van der Waals surface area contributed by atoms with E-state index in [0.29, 0.717) is 17.0 Å². The summed E-state index contributed by atoms with van der Waals surface area (Å²) in [5, 5.41) is 3.88. The van der Waals surface area contributed by atoms with Crippen molar-refractivity contribution in [3.8, 4) is 0 Å². The van der Waals surface area contributed by atoms with Gasteiger partial charge in [0.05, 0.1) is 6.61 Å². The highest BCUT2D eigenvalue weighted by molar-refractivity contribution is 5.19. The van der Waals surface area contributed by atoms with Crippen LogP contribution in [0.1, 0.15) is 45.4 Å². The molecule has 14 heavy (non-hydrogen) atoms. The molecule has 2 aliphatic carbocycles. The SMILES string of the molecule is CC1(C2(NC3CCCOC3)CC2)CC1. The Morgan fingerprint density at radius 3 is 2.50 bits per heavy atom. The molecule has 2 saturated carbocycles. The lowest BCUT2D eigenvalue weighted by atomic mass is 9.94. The van der Waals surface area contributed by atoms with Crippen LogP contribution >= 0.6 is 0 Å². The molecule has 1 N–H and O–H groups in total. The predicted molar refractivity (Wildman–Crippen MR) is 56.3 cm³/mol. The first-order valence-electron chi connectivity index (χ1n) is 6.10. The number of rotatable bonds is 3. The summed E-state index contributed by atoms with van der Waals surface area (Å²) in [6.07, 6.45) is 8.24. The number of hydrogen-bond donors (Lipinski definition) is 1. The van der Waals surface area contributed by atoms with Gasteiger partial charge in [-0.1, -0.05) is 6.92 Å². The van der Waals surface area contributed by atoms with E-state index in [4.69, 9.17) is 4.74 Å². The number of ether oxygens (including phenoxy) is 1. The van der Waals surface area contributed by atoms with Crippen molar-refractivity contribution in [1.82, 2.24) is 5.32 Å². The summed E-state index contributed by atoms with van der Waals surface area (Å²) >= 11 is 0. The minimum absolute atomic E-state index is 0.526. The van der Waals surface area contributed by atoms with E-state index in [-0.39, 0.29) is 0 Å². The highest BCUT2D eigenvalue weighted by Gasteiger charge is 2.62. The molecule has 2 nitrogen and oxygen atoms in total. The summed E-state index contributed by atoms with van der Waals surface area (Å²) in [4.78, 5) is 0. The van der Waals surface area contributed by atoms with Crippen LogP contribution in [0, 0.1) is 5.41 Å². The molecule has 0 bridgehead atoms. The molecule has 0 aromatic carbocycles. The summed E-state index contributed by atoms with van der Waals surface area (Å²) in [7, 11) is 0. The molecule has 1 heterocycles. The average molecular weight is 195 g/mol. The van der Waals surface area contributed by atoms with Crippen LogP contribution in [-0.2, 0) is 4.74 Å². The Morgan fingerprint density at radius 2 is 2.00 bits per heavy atom. The number of nitrogens with one attached hydrogen (secondary N) is 1. The zero-order valence-electron chi connectivity index (χ0n) is 9.14. The molecule has 3 fully saturated rings. The Labute approximate surface area is 86.4 Å². The third-order valence-corrected chi connectivity index (χ3v) is 4.55. The van der Waals surface area contributed by atoms with E-state index in [1.54, 1.807) is 0 Å². The van der Waals surface area contributed by atoms with Crippen LogP contribution in [0.4, 0.5) is 0 Å². The molecular formula is C12H21NO. The first kappa shape index (κ1) is 9.17. The van der Waals surface area contributed by atoms with Crippen molar-refractivity contribution >= 4 is 0 Å². The third kappa shape index (κ3) is 1.40. The van der Waals surface area contributed by atoms with Crippen LogP contribution in [0.15, 0.2) is 0 Å². The topological polar surface area (TPSA) is 21.3 Å². The van der Waals surface area contributed by atoms with Crippen molar-refractivity contribution in [1.29, 1.82) is 0 Å². The van der Waals surface area contributed by atoms with E-state index in [0.717, 1.165) is 13.2 Å². The van der Waals surface area contributed by atoms with Gasteiger partial charge in [-0.05, 0) is 43.9 Å². The quantitative estimate of drug-likeness (QED) is 0.744. The Kier molecular flexibility index (Phi) is 1.94. The first-order valence-corrected chi connectivity index (χ1v) is 6.10. The van der Waals surface area contributed by atoms with Crippen molar-refractivity contribution in [2.75, 3.05) is 13.2 Å². The van der Waals surface area contributed by atoms with Gasteiger partial charge in [-0.15, -0.1) is 0 Å². The van der Waals surface area contributed by atoms with Crippen molar-refractivity contribution in [3.05, 3.63) is 0 Å². The van der Waals surface area contributed by atoms with Gasteiger partial charge in [0.2, 0.25) is 0 Å². The molecule has 80 valence electrons. The standard InChI is InChI=1S/C12H21NO/c1-11(4-5-11)12(6-7-12)13-10-3-2-8-14-9-10/h10,13H,2-9H2,1H3. The minimum atomic E-state index is 0.526. The van der Waals surface area contributed by atoms with Gasteiger partial charge in [0.25, 0.3) is 0 Å². The highest BCUT2D eigenvalue weighted by atomic mass is 16.5. The van der Waals surface area contributed by atoms with Crippen molar-refractivity contribution < 1.29 is 4.74 Å². The second-order valence-corrected chi connectivity index (χ2v) is 5.70. The lowest BCUT2D eigenvalue weighted by Crippen LogP contribution is -2.48. The van der Waals surface area contributed by atoms with Gasteiger partial charge in [0.1, 0.15) is 0 Å². The van der Waals surface area contributed by atoms with Crippen LogP contribution in [0.5, 0.6) is 0 Å². The Hall–Kier alpha value is -0.0800. The predicted octanol–water partition coefficient (Wildman–Crippen LogP) is 2.09. The zero-order chi connectivity index (χ0) is 9.65. The monoisotopic (exact) mass is 195 g/mol. The smallest absolute Gasteiger partial charge is 0.0619 e. The summed E-state index contributed by atoms with van der Waals surface area (Å²) in [6.45, 7) is 4.37. The maximum absolute atomic E-state index is 5.53. The van der Waals surface area contributed by atoms with Gasteiger partial charge in [-0.2, -0.15) is 0 Å². The van der Waals surface area contributed by atoms with E-state index in [1.165, 1.54) is 38.5 Å². The van der Waals surface area contributed by atoms with Crippen LogP contribution in [0.25, 0.3) is 0 Å². The molecule has 1 aliphatic heterocycles.